The van der Waals surface area contributed by atoms with Crippen LogP contribution in [-0.4, -0.2) is 53.4 Å². The minimum Gasteiger partial charge on any atom is -0.396 e. The van der Waals surface area contributed by atoms with E-state index in [0.29, 0.717) is 12.3 Å². The molecule has 1 aromatic carbocycles. The Morgan fingerprint density at radius 2 is 1.63 bits per heavy atom. The predicted molar refractivity (Wildman–Crippen MR) is 189 cm³/mol. The number of unbranched alkanes of at least 4 members (excludes halogenated alkanes) is 3. The van der Waals surface area contributed by atoms with Gasteiger partial charge in [0.25, 0.3) is 0 Å². The lowest BCUT2D eigenvalue weighted by Crippen LogP contribution is -2.23. The van der Waals surface area contributed by atoms with Crippen LogP contribution < -0.4 is 22.1 Å². The fourth-order valence-corrected chi connectivity index (χ4v) is 6.19. The summed E-state index contributed by atoms with van der Waals surface area (Å²) in [6.07, 6.45) is 11.9. The van der Waals surface area contributed by atoms with E-state index >= 15 is 0 Å². The van der Waals surface area contributed by atoms with E-state index in [1.165, 1.54) is 17.5 Å². The Hall–Kier alpha value is -4.38. The number of hydrogen-bond acceptors (Lipinski definition) is 9. The highest BCUT2D eigenvalue weighted by molar-refractivity contribution is 5.90. The minimum absolute atomic E-state index is 0.0428. The number of hydrogen-bond donors (Lipinski definition) is 5. The summed E-state index contributed by atoms with van der Waals surface area (Å²) in [6.45, 7) is 9.11. The van der Waals surface area contributed by atoms with Gasteiger partial charge in [0, 0.05) is 44.7 Å². The third kappa shape index (κ3) is 8.25. The van der Waals surface area contributed by atoms with Gasteiger partial charge >= 0.3 is 0 Å². The van der Waals surface area contributed by atoms with Crippen molar-refractivity contribution >= 4 is 45.6 Å². The van der Waals surface area contributed by atoms with Gasteiger partial charge in [0.05, 0.1) is 11.0 Å². The van der Waals surface area contributed by atoms with Crippen LogP contribution in [0.2, 0.25) is 0 Å². The van der Waals surface area contributed by atoms with Gasteiger partial charge in [-0.15, -0.1) is 0 Å². The first-order valence-corrected chi connectivity index (χ1v) is 16.8. The summed E-state index contributed by atoms with van der Waals surface area (Å²) in [5, 5.41) is 17.1. The van der Waals surface area contributed by atoms with Gasteiger partial charge < -0.3 is 36.3 Å². The number of nitrogen functional groups attached to an aromatic ring is 2. The zero-order valence-corrected chi connectivity index (χ0v) is 27.5. The van der Waals surface area contributed by atoms with Crippen molar-refractivity contribution in [2.45, 2.75) is 91.3 Å². The van der Waals surface area contributed by atoms with Crippen LogP contribution in [0.5, 0.6) is 0 Å². The molecule has 1 atom stereocenters. The highest BCUT2D eigenvalue weighted by atomic mass is 16.3. The normalized spacial score (nSPS) is 12.4. The van der Waals surface area contributed by atoms with E-state index < -0.39 is 0 Å². The van der Waals surface area contributed by atoms with Gasteiger partial charge in [-0.1, -0.05) is 70.4 Å². The average Bonchev–Trinajstić information content (AvgIpc) is 3.58. The van der Waals surface area contributed by atoms with Crippen molar-refractivity contribution in [2.75, 3.05) is 35.3 Å². The molecule has 4 heterocycles. The third-order valence-corrected chi connectivity index (χ3v) is 8.33. The Bertz CT molecular complexity index is 1690. The summed E-state index contributed by atoms with van der Waals surface area (Å²) < 4.78 is 4.44. The average molecular weight is 627 g/mol. The number of nitrogens with zero attached hydrogens (tertiary/aromatic N) is 6. The SMILES string of the molecule is CCCCCNc1nc(N)nc2c(CCCCC(CCO)Nc3nc(N)nc4ccn(CC(C)C)c34)cn(Cc3ccccc3)c12. The Morgan fingerprint density at radius 3 is 2.39 bits per heavy atom. The lowest BCUT2D eigenvalue weighted by molar-refractivity contribution is 0.276. The number of fused-ring (bicyclic) bond motifs is 2. The molecule has 0 fully saturated rings. The molecule has 246 valence electrons. The van der Waals surface area contributed by atoms with Crippen LogP contribution >= 0.6 is 0 Å². The van der Waals surface area contributed by atoms with Crippen LogP contribution in [0.15, 0.2) is 48.8 Å². The Morgan fingerprint density at radius 1 is 0.848 bits per heavy atom. The van der Waals surface area contributed by atoms with E-state index in [2.05, 4.69) is 86.0 Å². The van der Waals surface area contributed by atoms with Crippen LogP contribution in [-0.2, 0) is 19.5 Å². The van der Waals surface area contributed by atoms with E-state index in [-0.39, 0.29) is 24.5 Å². The fraction of sp³-hybridized carbons (Fsp3) is 0.486. The summed E-state index contributed by atoms with van der Waals surface area (Å²) in [5.74, 6) is 2.52. The zero-order chi connectivity index (χ0) is 32.5. The number of aliphatic hydroxyl groups excluding tert-OH is 1. The third-order valence-electron chi connectivity index (χ3n) is 8.33. The van der Waals surface area contributed by atoms with Gasteiger partial charge in [-0.2, -0.15) is 9.97 Å². The monoisotopic (exact) mass is 626 g/mol. The van der Waals surface area contributed by atoms with Crippen LogP contribution in [0.1, 0.15) is 76.8 Å². The molecule has 5 rings (SSSR count). The smallest absolute Gasteiger partial charge is 0.222 e. The van der Waals surface area contributed by atoms with Crippen molar-refractivity contribution in [3.63, 3.8) is 0 Å². The van der Waals surface area contributed by atoms with Crippen LogP contribution in [0.3, 0.4) is 0 Å². The molecule has 1 unspecified atom stereocenters. The molecule has 0 aliphatic rings. The molecule has 11 heteroatoms. The lowest BCUT2D eigenvalue weighted by atomic mass is 10.0. The summed E-state index contributed by atoms with van der Waals surface area (Å²) in [7, 11) is 0. The summed E-state index contributed by atoms with van der Waals surface area (Å²) in [6, 6.07) is 12.5. The molecule has 11 nitrogen and oxygen atoms in total. The quantitative estimate of drug-likeness (QED) is 0.0712. The van der Waals surface area contributed by atoms with Gasteiger partial charge in [0.1, 0.15) is 11.0 Å². The van der Waals surface area contributed by atoms with Gasteiger partial charge in [-0.25, -0.2) is 9.97 Å². The number of aliphatic hydroxyl groups is 1. The van der Waals surface area contributed by atoms with Crippen molar-refractivity contribution in [1.29, 1.82) is 0 Å². The van der Waals surface area contributed by atoms with E-state index in [4.69, 9.17) is 16.5 Å². The number of benzene rings is 1. The van der Waals surface area contributed by atoms with Crippen LogP contribution in [0.25, 0.3) is 22.1 Å². The molecule has 4 aromatic heterocycles. The highest BCUT2D eigenvalue weighted by Crippen LogP contribution is 2.30. The van der Waals surface area contributed by atoms with Gasteiger partial charge in [-0.05, 0) is 55.2 Å². The number of anilines is 4. The van der Waals surface area contributed by atoms with Crippen molar-refractivity contribution in [2.24, 2.45) is 5.92 Å². The van der Waals surface area contributed by atoms with E-state index in [1.807, 2.05) is 18.3 Å². The first kappa shape index (κ1) is 33.0. The molecule has 0 amide bonds. The maximum Gasteiger partial charge on any atom is 0.222 e. The van der Waals surface area contributed by atoms with Crippen LogP contribution in [0.4, 0.5) is 23.5 Å². The molecule has 7 N–H and O–H groups in total. The van der Waals surface area contributed by atoms with E-state index in [9.17, 15) is 5.11 Å². The van der Waals surface area contributed by atoms with Crippen LogP contribution in [0, 0.1) is 5.92 Å². The Labute approximate surface area is 271 Å². The molecule has 0 bridgehead atoms. The number of nitrogens with two attached hydrogens (primary N) is 2. The second-order valence-electron chi connectivity index (χ2n) is 12.7. The molecule has 0 aliphatic heterocycles. The van der Waals surface area contributed by atoms with Crippen molar-refractivity contribution in [1.82, 2.24) is 29.1 Å². The van der Waals surface area contributed by atoms with Crippen molar-refractivity contribution in [3.8, 4) is 0 Å². The number of rotatable bonds is 18. The summed E-state index contributed by atoms with van der Waals surface area (Å²) in [4.78, 5) is 18.4. The first-order chi connectivity index (χ1) is 22.4. The summed E-state index contributed by atoms with van der Waals surface area (Å²) >= 11 is 0. The fourth-order valence-electron chi connectivity index (χ4n) is 6.19. The standard InChI is InChI=1S/C35H50N10O/c1-4-5-11-18-38-32-31-29(41-35(37)42-32)26(23-45(31)22-25-12-7-6-8-13-25)14-9-10-15-27(17-20-46)39-33-30-28(40-34(36)43-33)16-19-44(30)21-24(2)3/h6-8,12-13,16,19,23-24,27,46H,4-5,9-11,14-15,17-18,20-22H2,1-3H3,(H3,36,39,40,43)(H3,37,38,41,42). The zero-order valence-electron chi connectivity index (χ0n) is 27.5. The molecule has 46 heavy (non-hydrogen) atoms. The molecule has 0 saturated heterocycles. The summed E-state index contributed by atoms with van der Waals surface area (Å²) in [5.41, 5.74) is 18.4. The molecule has 0 aliphatic carbocycles. The number of aryl methyl sites for hydroxylation is 1. The van der Waals surface area contributed by atoms with E-state index in [1.54, 1.807) is 0 Å². The molecular formula is C35H50N10O. The van der Waals surface area contributed by atoms with Gasteiger partial charge in [-0.3, -0.25) is 0 Å². The number of aromatic nitrogens is 6. The molecule has 0 spiro atoms. The molecular weight excluding hydrogens is 576 g/mol. The van der Waals surface area contributed by atoms with E-state index in [0.717, 1.165) is 91.9 Å². The highest BCUT2D eigenvalue weighted by Gasteiger charge is 2.19. The van der Waals surface area contributed by atoms with Crippen molar-refractivity contribution in [3.05, 3.63) is 59.9 Å². The Kier molecular flexibility index (Phi) is 11.3. The minimum atomic E-state index is 0.0428. The maximum absolute atomic E-state index is 9.90. The predicted octanol–water partition coefficient (Wildman–Crippen LogP) is 6.22. The van der Waals surface area contributed by atoms with Gasteiger partial charge in [0.15, 0.2) is 11.6 Å². The second-order valence-corrected chi connectivity index (χ2v) is 12.7. The molecule has 0 saturated carbocycles. The lowest BCUT2D eigenvalue weighted by Gasteiger charge is -2.20. The largest absolute Gasteiger partial charge is 0.396 e. The maximum atomic E-state index is 9.90. The van der Waals surface area contributed by atoms with Crippen molar-refractivity contribution < 1.29 is 5.11 Å². The first-order valence-electron chi connectivity index (χ1n) is 16.8. The molecule has 5 aromatic rings. The van der Waals surface area contributed by atoms with Gasteiger partial charge in [0.2, 0.25) is 11.9 Å². The second kappa shape index (κ2) is 15.8. The number of nitrogens with one attached hydrogen (secondary N) is 2. The molecule has 0 radical (unpaired) electrons. The Balaban J connectivity index is 1.32. The topological polar surface area (TPSA) is 158 Å².